The highest BCUT2D eigenvalue weighted by molar-refractivity contribution is 7.81. The van der Waals surface area contributed by atoms with Crippen molar-refractivity contribution in [2.45, 2.75) is 49.4 Å². The van der Waals surface area contributed by atoms with Crippen LogP contribution in [0.1, 0.15) is 44.5 Å². The van der Waals surface area contributed by atoms with Gasteiger partial charge in [-0.1, -0.05) is 97.1 Å². The third-order valence-electron chi connectivity index (χ3n) is 10.1. The lowest BCUT2D eigenvalue weighted by Gasteiger charge is -2.32. The first kappa shape index (κ1) is 53.8. The van der Waals surface area contributed by atoms with E-state index in [2.05, 4.69) is 0 Å². The van der Waals surface area contributed by atoms with Crippen LogP contribution in [-0.4, -0.2) is 0 Å². The van der Waals surface area contributed by atoms with Gasteiger partial charge in [-0.3, -0.25) is 0 Å². The summed E-state index contributed by atoms with van der Waals surface area (Å²) in [7, 11) is -8.42. The van der Waals surface area contributed by atoms with Gasteiger partial charge >= 0.3 is 49.4 Å². The molecular formula is C44H20F24P2. The summed E-state index contributed by atoms with van der Waals surface area (Å²) in [6.07, 6.45) is -48.9. The Morgan fingerprint density at radius 2 is 0.386 bits per heavy atom. The van der Waals surface area contributed by atoms with Crippen LogP contribution in [0.4, 0.5) is 105 Å². The largest absolute Gasteiger partial charge is 0.417 e. The number of rotatable bonds is 7. The molecule has 0 saturated heterocycles. The molecule has 0 aliphatic rings. The Bertz CT molecular complexity index is 2540. The minimum Gasteiger partial charge on any atom is -0.166 e. The maximum atomic E-state index is 15.1. The molecule has 6 aromatic rings. The molecule has 0 aromatic heterocycles. The molecule has 0 nitrogen and oxygen atoms in total. The fraction of sp³-hybridized carbons (Fsp3) is 0.182. The first-order valence-corrected chi connectivity index (χ1v) is 21.4. The predicted molar refractivity (Wildman–Crippen MR) is 209 cm³/mol. The van der Waals surface area contributed by atoms with Crippen LogP contribution in [0.5, 0.6) is 0 Å². The third kappa shape index (κ3) is 10.7. The van der Waals surface area contributed by atoms with Crippen LogP contribution in [0.15, 0.2) is 121 Å². The van der Waals surface area contributed by atoms with E-state index in [0.29, 0.717) is 24.3 Å². The van der Waals surface area contributed by atoms with Crippen molar-refractivity contribution in [1.82, 2.24) is 0 Å². The summed E-state index contributed by atoms with van der Waals surface area (Å²) in [5.41, 5.74) is -23.3. The van der Waals surface area contributed by atoms with Crippen molar-refractivity contribution in [2.24, 2.45) is 0 Å². The van der Waals surface area contributed by atoms with E-state index in [0.717, 1.165) is 24.3 Å². The van der Waals surface area contributed by atoms with Gasteiger partial charge in [0.2, 0.25) is 0 Å². The first-order chi connectivity index (χ1) is 31.9. The molecule has 0 bridgehead atoms. The van der Waals surface area contributed by atoms with Gasteiger partial charge in [0.15, 0.2) is 0 Å². The van der Waals surface area contributed by atoms with Crippen LogP contribution in [-0.2, 0) is 49.4 Å². The molecule has 0 aliphatic heterocycles. The molecule has 0 atom stereocenters. The summed E-state index contributed by atoms with van der Waals surface area (Å²) < 4.78 is 354. The topological polar surface area (TPSA) is 0 Å². The maximum absolute atomic E-state index is 15.1. The zero-order valence-electron chi connectivity index (χ0n) is 33.5. The number of hydrogen-bond donors (Lipinski definition) is 0. The Hall–Kier alpha value is -5.50. The van der Waals surface area contributed by atoms with Crippen molar-refractivity contribution in [1.29, 1.82) is 0 Å². The smallest absolute Gasteiger partial charge is 0.166 e. The number of hydrogen-bond acceptors (Lipinski definition) is 0. The van der Waals surface area contributed by atoms with Crippen molar-refractivity contribution in [3.8, 4) is 11.1 Å². The fourth-order valence-electron chi connectivity index (χ4n) is 7.61. The summed E-state index contributed by atoms with van der Waals surface area (Å²) in [4.78, 5) is 0. The zero-order valence-corrected chi connectivity index (χ0v) is 35.3. The normalized spacial score (nSPS) is 13.7. The lowest BCUT2D eigenvalue weighted by atomic mass is 10.1. The Morgan fingerprint density at radius 3 is 0.571 bits per heavy atom. The Morgan fingerprint density at radius 1 is 0.200 bits per heavy atom. The minimum absolute atomic E-state index is 0.175. The predicted octanol–water partition coefficient (Wildman–Crippen LogP) is 15.0. The zero-order chi connectivity index (χ0) is 52.5. The van der Waals surface area contributed by atoms with Gasteiger partial charge < -0.3 is 0 Å². The molecule has 374 valence electrons. The standard InChI is InChI=1S/C44H20F24P2/c45-37(46,47)23-11-5-17-29(33(23)41(57,58)59)69(30-18-6-12-24(38(48,49)50)34(30)42(60,61)62)27-15-3-1-9-21(27)22-10-2-4-16-28(22)70(31-19-7-13-25(39(51,52)53)35(31)43(63,64)65)32-20-8-14-26(40(54,55)56)36(32)44(66,67)68/h1-20H. The Labute approximate surface area is 379 Å². The van der Waals surface area contributed by atoms with E-state index in [1.54, 1.807) is 0 Å². The molecular weight excluding hydrogens is 1050 g/mol. The van der Waals surface area contributed by atoms with E-state index >= 15 is 52.7 Å². The molecule has 70 heavy (non-hydrogen) atoms. The van der Waals surface area contributed by atoms with Crippen LogP contribution in [0, 0.1) is 0 Å². The minimum atomic E-state index is -6.22. The monoisotopic (exact) mass is 1070 g/mol. The number of benzene rings is 6. The molecule has 6 aromatic carbocycles. The highest BCUT2D eigenvalue weighted by atomic mass is 31.1. The fourth-order valence-corrected chi connectivity index (χ4v) is 13.3. The average Bonchev–Trinajstić information content (AvgIpc) is 3.21. The van der Waals surface area contributed by atoms with E-state index in [4.69, 9.17) is 0 Å². The molecule has 26 heteroatoms. The molecule has 0 fully saturated rings. The van der Waals surface area contributed by atoms with Crippen LogP contribution < -0.4 is 31.8 Å². The molecule has 0 amide bonds. The summed E-state index contributed by atoms with van der Waals surface area (Å²) in [6.45, 7) is 0. The van der Waals surface area contributed by atoms with Crippen LogP contribution in [0.2, 0.25) is 0 Å². The van der Waals surface area contributed by atoms with Crippen LogP contribution in [0.3, 0.4) is 0 Å². The van der Waals surface area contributed by atoms with Crippen molar-refractivity contribution in [3.63, 3.8) is 0 Å². The van der Waals surface area contributed by atoms with E-state index in [9.17, 15) is 52.7 Å². The van der Waals surface area contributed by atoms with Gasteiger partial charge in [-0.25, -0.2) is 0 Å². The molecule has 0 aliphatic carbocycles. The van der Waals surface area contributed by atoms with Gasteiger partial charge in [0.1, 0.15) is 0 Å². The molecule has 0 N–H and O–H groups in total. The van der Waals surface area contributed by atoms with Gasteiger partial charge in [-0.15, -0.1) is 0 Å². The molecule has 0 unspecified atom stereocenters. The van der Waals surface area contributed by atoms with Crippen molar-refractivity contribution in [2.75, 3.05) is 0 Å². The van der Waals surface area contributed by atoms with Crippen LogP contribution in [0.25, 0.3) is 11.1 Å². The van der Waals surface area contributed by atoms with Gasteiger partial charge in [0, 0.05) is 0 Å². The summed E-state index contributed by atoms with van der Waals surface area (Å²) in [6, 6.07) is 6.65. The highest BCUT2D eigenvalue weighted by Gasteiger charge is 2.52. The SMILES string of the molecule is FC(F)(F)c1cccc(P(c2ccccc2-c2ccccc2P(c2cccc(C(F)(F)F)c2C(F)(F)F)c2cccc(C(F)(F)F)c2C(F)(F)F)c2cccc(C(F)(F)F)c2C(F)(F)F)c1C(F)(F)F. The second-order valence-corrected chi connectivity index (χ2v) is 18.7. The Kier molecular flexibility index (Phi) is 14.1. The number of alkyl halides is 24. The maximum Gasteiger partial charge on any atom is 0.417 e. The van der Waals surface area contributed by atoms with Gasteiger partial charge in [-0.2, -0.15) is 105 Å². The van der Waals surface area contributed by atoms with Gasteiger partial charge in [0.25, 0.3) is 0 Å². The van der Waals surface area contributed by atoms with Crippen molar-refractivity contribution in [3.05, 3.63) is 166 Å². The summed E-state index contributed by atoms with van der Waals surface area (Å²) in [5, 5.41) is -9.38. The van der Waals surface area contributed by atoms with E-state index in [1.807, 2.05) is 0 Å². The van der Waals surface area contributed by atoms with E-state index < -0.39 is 153 Å². The quantitative estimate of drug-likeness (QED) is 0.110. The second kappa shape index (κ2) is 18.3. The molecule has 0 heterocycles. The molecule has 0 radical (unpaired) electrons. The molecule has 6 rings (SSSR count). The Balaban J connectivity index is 1.89. The summed E-state index contributed by atoms with van der Waals surface area (Å²) >= 11 is 0. The number of halogens is 24. The first-order valence-electron chi connectivity index (χ1n) is 18.8. The van der Waals surface area contributed by atoms with E-state index in [1.165, 1.54) is 0 Å². The lowest BCUT2D eigenvalue weighted by molar-refractivity contribution is -0.161. The lowest BCUT2D eigenvalue weighted by Crippen LogP contribution is -2.36. The van der Waals surface area contributed by atoms with Gasteiger partial charge in [0.05, 0.1) is 44.5 Å². The average molecular weight is 1070 g/mol. The molecule has 0 spiro atoms. The molecule has 0 saturated carbocycles. The second-order valence-electron chi connectivity index (χ2n) is 14.5. The highest BCUT2D eigenvalue weighted by Crippen LogP contribution is 2.53. The van der Waals surface area contributed by atoms with Crippen molar-refractivity contribution >= 4 is 47.7 Å². The van der Waals surface area contributed by atoms with Crippen molar-refractivity contribution < 1.29 is 105 Å². The van der Waals surface area contributed by atoms with Gasteiger partial charge in [-0.05, 0) is 83.1 Å². The van der Waals surface area contributed by atoms with E-state index in [-0.39, 0.29) is 72.8 Å². The summed E-state index contributed by atoms with van der Waals surface area (Å²) in [5.74, 6) is 0. The third-order valence-corrected chi connectivity index (χ3v) is 15.2. The van der Waals surface area contributed by atoms with Crippen LogP contribution >= 0.6 is 15.8 Å².